The fourth-order valence-electron chi connectivity index (χ4n) is 2.71. The molecule has 1 aromatic carbocycles. The fourth-order valence-corrected chi connectivity index (χ4v) is 2.71. The molecule has 25 heavy (non-hydrogen) atoms. The lowest BCUT2D eigenvalue weighted by Gasteiger charge is -2.10. The summed E-state index contributed by atoms with van der Waals surface area (Å²) in [6, 6.07) is 13.3. The molecule has 0 radical (unpaired) electrons. The number of pyridine rings is 2. The van der Waals surface area contributed by atoms with Crippen LogP contribution in [0.3, 0.4) is 0 Å². The first-order valence-corrected chi connectivity index (χ1v) is 7.78. The minimum atomic E-state index is -0.874. The highest BCUT2D eigenvalue weighted by Gasteiger charge is 2.11. The second-order valence-corrected chi connectivity index (χ2v) is 5.60. The highest BCUT2D eigenvalue weighted by atomic mass is 19.2. The largest absolute Gasteiger partial charge is 0.364 e. The van der Waals surface area contributed by atoms with E-state index in [0.717, 1.165) is 22.7 Å². The van der Waals surface area contributed by atoms with Crippen LogP contribution in [0.4, 0.5) is 14.6 Å². The number of aromatic amines is 1. The van der Waals surface area contributed by atoms with Crippen molar-refractivity contribution >= 4 is 16.9 Å². The number of fused-ring (bicyclic) bond motifs is 1. The van der Waals surface area contributed by atoms with Crippen LogP contribution in [0.1, 0.15) is 5.69 Å². The molecule has 0 bridgehead atoms. The van der Waals surface area contributed by atoms with E-state index in [1.54, 1.807) is 18.5 Å². The summed E-state index contributed by atoms with van der Waals surface area (Å²) in [5, 5.41) is 4.06. The summed E-state index contributed by atoms with van der Waals surface area (Å²) in [5.41, 5.74) is 2.91. The van der Waals surface area contributed by atoms with Crippen molar-refractivity contribution in [2.45, 2.75) is 6.54 Å². The topological polar surface area (TPSA) is 53.6 Å². The molecule has 0 aliphatic carbocycles. The molecule has 2 N–H and O–H groups in total. The summed E-state index contributed by atoms with van der Waals surface area (Å²) in [4.78, 5) is 11.8. The second-order valence-electron chi connectivity index (χ2n) is 5.60. The number of hydrogen-bond donors (Lipinski definition) is 2. The predicted octanol–water partition coefficient (Wildman–Crippen LogP) is 4.52. The lowest BCUT2D eigenvalue weighted by atomic mass is 10.0. The maximum atomic E-state index is 13.6. The van der Waals surface area contributed by atoms with Crippen molar-refractivity contribution in [2.75, 3.05) is 5.32 Å². The zero-order valence-corrected chi connectivity index (χ0v) is 13.1. The lowest BCUT2D eigenvalue weighted by molar-refractivity contribution is 0.509. The lowest BCUT2D eigenvalue weighted by Crippen LogP contribution is -2.03. The Balaban J connectivity index is 1.73. The van der Waals surface area contributed by atoms with Crippen LogP contribution >= 0.6 is 0 Å². The predicted molar refractivity (Wildman–Crippen MR) is 93.0 cm³/mol. The monoisotopic (exact) mass is 336 g/mol. The molecule has 0 atom stereocenters. The molecule has 0 aliphatic rings. The SMILES string of the molecule is Fc1ccc(-c2cc(NCc3ccccn3)nc3[nH]ccc23)cc1F. The van der Waals surface area contributed by atoms with Crippen LogP contribution in [-0.4, -0.2) is 15.0 Å². The van der Waals surface area contributed by atoms with E-state index in [1.165, 1.54) is 6.07 Å². The Morgan fingerprint density at radius 2 is 1.92 bits per heavy atom. The van der Waals surface area contributed by atoms with E-state index in [1.807, 2.05) is 30.3 Å². The molecule has 4 aromatic rings. The Kier molecular flexibility index (Phi) is 3.85. The first-order valence-electron chi connectivity index (χ1n) is 7.78. The Labute approximate surface area is 142 Å². The molecule has 0 saturated carbocycles. The number of benzene rings is 1. The van der Waals surface area contributed by atoms with Gasteiger partial charge in [-0.2, -0.15) is 0 Å². The number of H-pyrrole nitrogens is 1. The van der Waals surface area contributed by atoms with Gasteiger partial charge in [-0.1, -0.05) is 12.1 Å². The van der Waals surface area contributed by atoms with Crippen LogP contribution in [0.2, 0.25) is 0 Å². The summed E-state index contributed by atoms with van der Waals surface area (Å²) >= 11 is 0. The van der Waals surface area contributed by atoms with Gasteiger partial charge in [0.1, 0.15) is 11.5 Å². The van der Waals surface area contributed by atoms with E-state index in [-0.39, 0.29) is 0 Å². The number of rotatable bonds is 4. The van der Waals surface area contributed by atoms with Gasteiger partial charge in [-0.05, 0) is 47.5 Å². The van der Waals surface area contributed by atoms with Crippen molar-refractivity contribution in [3.05, 3.63) is 78.3 Å². The molecule has 124 valence electrons. The molecular formula is C19H14F2N4. The summed E-state index contributed by atoms with van der Waals surface area (Å²) < 4.78 is 26.9. The Morgan fingerprint density at radius 1 is 1.00 bits per heavy atom. The number of halogens is 2. The van der Waals surface area contributed by atoms with Crippen molar-refractivity contribution in [1.82, 2.24) is 15.0 Å². The highest BCUT2D eigenvalue weighted by molar-refractivity contribution is 5.94. The van der Waals surface area contributed by atoms with Crippen LogP contribution in [0.15, 0.2) is 60.9 Å². The number of hydrogen-bond acceptors (Lipinski definition) is 3. The molecule has 4 rings (SSSR count). The van der Waals surface area contributed by atoms with Crippen LogP contribution in [0.5, 0.6) is 0 Å². The minimum Gasteiger partial charge on any atom is -0.364 e. The molecule has 0 unspecified atom stereocenters. The summed E-state index contributed by atoms with van der Waals surface area (Å²) in [5.74, 6) is -1.11. The molecule has 0 fully saturated rings. The van der Waals surface area contributed by atoms with Crippen LogP contribution in [-0.2, 0) is 6.54 Å². The maximum Gasteiger partial charge on any atom is 0.159 e. The molecule has 3 aromatic heterocycles. The van der Waals surface area contributed by atoms with E-state index in [2.05, 4.69) is 20.3 Å². The summed E-state index contributed by atoms with van der Waals surface area (Å²) in [7, 11) is 0. The Bertz CT molecular complexity index is 1030. The molecule has 0 amide bonds. The van der Waals surface area contributed by atoms with Crippen molar-refractivity contribution < 1.29 is 8.78 Å². The average molecular weight is 336 g/mol. The smallest absolute Gasteiger partial charge is 0.159 e. The quantitative estimate of drug-likeness (QED) is 0.576. The van der Waals surface area contributed by atoms with Crippen molar-refractivity contribution in [2.24, 2.45) is 0 Å². The van der Waals surface area contributed by atoms with Crippen molar-refractivity contribution in [3.63, 3.8) is 0 Å². The van der Waals surface area contributed by atoms with Gasteiger partial charge in [0.05, 0.1) is 12.2 Å². The summed E-state index contributed by atoms with van der Waals surface area (Å²) in [6.07, 6.45) is 3.49. The molecule has 3 heterocycles. The van der Waals surface area contributed by atoms with Gasteiger partial charge in [0.25, 0.3) is 0 Å². The van der Waals surface area contributed by atoms with Gasteiger partial charge in [-0.25, -0.2) is 13.8 Å². The third-order valence-corrected chi connectivity index (χ3v) is 3.94. The maximum absolute atomic E-state index is 13.6. The fraction of sp³-hybridized carbons (Fsp3) is 0.0526. The molecule has 0 saturated heterocycles. The van der Waals surface area contributed by atoms with Gasteiger partial charge in [0.15, 0.2) is 11.6 Å². The normalized spacial score (nSPS) is 11.0. The average Bonchev–Trinajstić information content (AvgIpc) is 3.11. The molecule has 6 heteroatoms. The van der Waals surface area contributed by atoms with Gasteiger partial charge < -0.3 is 10.3 Å². The third-order valence-electron chi connectivity index (χ3n) is 3.94. The molecule has 0 spiro atoms. The van der Waals surface area contributed by atoms with Gasteiger partial charge in [-0.15, -0.1) is 0 Å². The van der Waals surface area contributed by atoms with E-state index in [0.29, 0.717) is 23.6 Å². The highest BCUT2D eigenvalue weighted by Crippen LogP contribution is 2.30. The number of nitrogens with zero attached hydrogens (tertiary/aromatic N) is 2. The summed E-state index contributed by atoms with van der Waals surface area (Å²) in [6.45, 7) is 0.511. The zero-order valence-electron chi connectivity index (χ0n) is 13.1. The van der Waals surface area contributed by atoms with Crippen molar-refractivity contribution in [1.29, 1.82) is 0 Å². The number of nitrogens with one attached hydrogen (secondary N) is 2. The Hall–Kier alpha value is -3.28. The molecular weight excluding hydrogens is 322 g/mol. The van der Waals surface area contributed by atoms with E-state index in [4.69, 9.17) is 0 Å². The van der Waals surface area contributed by atoms with E-state index >= 15 is 0 Å². The molecule has 4 nitrogen and oxygen atoms in total. The van der Waals surface area contributed by atoms with Gasteiger partial charge in [0, 0.05) is 17.8 Å². The standard InChI is InChI=1S/C19H14F2N4/c20-16-5-4-12(9-17(16)21)15-10-18(25-19-14(15)6-8-23-19)24-11-13-3-1-2-7-22-13/h1-10H,11H2,(H2,23,24,25). The Morgan fingerprint density at radius 3 is 2.72 bits per heavy atom. The number of anilines is 1. The zero-order chi connectivity index (χ0) is 17.2. The third kappa shape index (κ3) is 3.06. The van der Waals surface area contributed by atoms with Crippen molar-refractivity contribution in [3.8, 4) is 11.1 Å². The van der Waals surface area contributed by atoms with Crippen LogP contribution in [0.25, 0.3) is 22.2 Å². The van der Waals surface area contributed by atoms with E-state index in [9.17, 15) is 8.78 Å². The van der Waals surface area contributed by atoms with Gasteiger partial charge >= 0.3 is 0 Å². The van der Waals surface area contributed by atoms with Gasteiger partial charge in [-0.3, -0.25) is 4.98 Å². The van der Waals surface area contributed by atoms with Gasteiger partial charge in [0.2, 0.25) is 0 Å². The number of aromatic nitrogens is 3. The first-order chi connectivity index (χ1) is 12.2. The van der Waals surface area contributed by atoms with E-state index < -0.39 is 11.6 Å². The first kappa shape index (κ1) is 15.3. The minimum absolute atomic E-state index is 0.511. The van der Waals surface area contributed by atoms with Crippen LogP contribution < -0.4 is 5.32 Å². The second kappa shape index (κ2) is 6.32. The van der Waals surface area contributed by atoms with Crippen LogP contribution in [0, 0.1) is 11.6 Å². The molecule has 0 aliphatic heterocycles.